The van der Waals surface area contributed by atoms with Gasteiger partial charge >= 0.3 is 5.97 Å². The Morgan fingerprint density at radius 2 is 2.08 bits per heavy atom. The van der Waals surface area contributed by atoms with Crippen LogP contribution in [0.15, 0.2) is 54.7 Å². The zero-order chi connectivity index (χ0) is 17.2. The molecule has 6 nitrogen and oxygen atoms in total. The van der Waals surface area contributed by atoms with Crippen molar-refractivity contribution >= 4 is 27.9 Å². The molecule has 0 aliphatic heterocycles. The highest BCUT2D eigenvalue weighted by atomic mass is 16.5. The Hall–Kier alpha value is -3.28. The van der Waals surface area contributed by atoms with Crippen molar-refractivity contribution in [1.29, 1.82) is 0 Å². The number of carbonyl (C=O) groups is 1. The van der Waals surface area contributed by atoms with Crippen LogP contribution >= 0.6 is 0 Å². The molecule has 2 heterocycles. The average Bonchev–Trinajstić information content (AvgIpc) is 3.23. The molecule has 0 radical (unpaired) electrons. The van der Waals surface area contributed by atoms with E-state index < -0.39 is 0 Å². The Labute approximate surface area is 144 Å². The van der Waals surface area contributed by atoms with Crippen molar-refractivity contribution in [3.63, 3.8) is 0 Å². The Morgan fingerprint density at radius 1 is 1.20 bits per heavy atom. The summed E-state index contributed by atoms with van der Waals surface area (Å²) in [4.78, 5) is 19.7. The van der Waals surface area contributed by atoms with Crippen molar-refractivity contribution < 1.29 is 14.3 Å². The molecule has 0 atom stereocenters. The highest BCUT2D eigenvalue weighted by molar-refractivity contribution is 5.83. The summed E-state index contributed by atoms with van der Waals surface area (Å²) in [5.41, 5.74) is 2.75. The van der Waals surface area contributed by atoms with Gasteiger partial charge in [0.2, 0.25) is 0 Å². The summed E-state index contributed by atoms with van der Waals surface area (Å²) >= 11 is 0. The van der Waals surface area contributed by atoms with E-state index in [4.69, 9.17) is 9.47 Å². The number of hydrogen-bond donors (Lipinski definition) is 1. The molecule has 4 rings (SSSR count). The largest absolute Gasteiger partial charge is 0.497 e. The second-order valence-corrected chi connectivity index (χ2v) is 5.73. The summed E-state index contributed by atoms with van der Waals surface area (Å²) in [6, 6.07) is 15.4. The Bertz CT molecular complexity index is 1020. The van der Waals surface area contributed by atoms with Gasteiger partial charge in [-0.2, -0.15) is 0 Å². The topological polar surface area (TPSA) is 69.1 Å². The van der Waals surface area contributed by atoms with E-state index in [0.29, 0.717) is 5.82 Å². The van der Waals surface area contributed by atoms with Crippen molar-refractivity contribution in [2.75, 3.05) is 7.11 Å². The van der Waals surface area contributed by atoms with Gasteiger partial charge in [-0.1, -0.05) is 12.1 Å². The van der Waals surface area contributed by atoms with E-state index >= 15 is 0 Å². The number of imidazole rings is 1. The Morgan fingerprint density at radius 3 is 2.92 bits per heavy atom. The number of ether oxygens (including phenoxy) is 2. The molecule has 6 heteroatoms. The van der Waals surface area contributed by atoms with Gasteiger partial charge in [0.25, 0.3) is 0 Å². The molecule has 0 aliphatic carbocycles. The molecule has 0 fully saturated rings. The summed E-state index contributed by atoms with van der Waals surface area (Å²) in [7, 11) is 1.63. The number of fused-ring (bicyclic) bond motifs is 2. The minimum atomic E-state index is -0.311. The second-order valence-electron chi connectivity index (χ2n) is 5.73. The van der Waals surface area contributed by atoms with Gasteiger partial charge in [-0.05, 0) is 36.4 Å². The van der Waals surface area contributed by atoms with E-state index in [1.54, 1.807) is 7.11 Å². The fourth-order valence-corrected chi connectivity index (χ4v) is 2.85. The van der Waals surface area contributed by atoms with Gasteiger partial charge in [0, 0.05) is 17.1 Å². The van der Waals surface area contributed by atoms with Crippen LogP contribution in [0.3, 0.4) is 0 Å². The van der Waals surface area contributed by atoms with E-state index in [-0.39, 0.29) is 19.1 Å². The first-order valence-corrected chi connectivity index (χ1v) is 7.95. The molecule has 0 spiro atoms. The van der Waals surface area contributed by atoms with Crippen molar-refractivity contribution in [2.45, 2.75) is 13.2 Å². The summed E-state index contributed by atoms with van der Waals surface area (Å²) in [6.07, 6.45) is 1.87. The number of rotatable bonds is 5. The third kappa shape index (κ3) is 3.06. The minimum Gasteiger partial charge on any atom is -0.497 e. The van der Waals surface area contributed by atoms with Gasteiger partial charge < -0.3 is 19.0 Å². The van der Waals surface area contributed by atoms with E-state index in [2.05, 4.69) is 9.97 Å². The lowest BCUT2D eigenvalue weighted by Crippen LogP contribution is -2.13. The molecule has 4 aromatic rings. The smallest absolute Gasteiger partial charge is 0.326 e. The first kappa shape index (κ1) is 15.3. The molecule has 0 amide bonds. The molecule has 1 N–H and O–H groups in total. The van der Waals surface area contributed by atoms with Crippen LogP contribution in [0, 0.1) is 0 Å². The highest BCUT2D eigenvalue weighted by Crippen LogP contribution is 2.21. The van der Waals surface area contributed by atoms with Gasteiger partial charge in [-0.15, -0.1) is 0 Å². The zero-order valence-corrected chi connectivity index (χ0v) is 13.7. The number of aromatic nitrogens is 3. The maximum Gasteiger partial charge on any atom is 0.326 e. The molecule has 25 heavy (non-hydrogen) atoms. The molecule has 0 bridgehead atoms. The Kier molecular flexibility index (Phi) is 3.85. The number of esters is 1. The van der Waals surface area contributed by atoms with E-state index in [1.165, 1.54) is 0 Å². The van der Waals surface area contributed by atoms with Crippen LogP contribution in [0.2, 0.25) is 0 Å². The van der Waals surface area contributed by atoms with Crippen LogP contribution in [0.1, 0.15) is 5.82 Å². The first-order chi connectivity index (χ1) is 12.2. The lowest BCUT2D eigenvalue weighted by atomic mass is 10.2. The summed E-state index contributed by atoms with van der Waals surface area (Å²) in [5, 5.41) is 1.02. The maximum atomic E-state index is 12.2. The SMILES string of the molecule is COc1ccc2c(ccn2CC(=O)OCc2nc3ccccc3[nH]2)c1. The number of aromatic amines is 1. The van der Waals surface area contributed by atoms with Crippen molar-refractivity contribution in [2.24, 2.45) is 0 Å². The normalized spacial score (nSPS) is 11.1. The number of H-pyrrole nitrogens is 1. The number of carbonyl (C=O) groups excluding carboxylic acids is 1. The number of nitrogens with one attached hydrogen (secondary N) is 1. The fourth-order valence-electron chi connectivity index (χ4n) is 2.85. The monoisotopic (exact) mass is 335 g/mol. The van der Waals surface area contributed by atoms with Crippen LogP contribution in [-0.2, 0) is 22.7 Å². The van der Waals surface area contributed by atoms with Gasteiger partial charge in [0.15, 0.2) is 0 Å². The van der Waals surface area contributed by atoms with Crippen LogP contribution in [0.4, 0.5) is 0 Å². The molecule has 2 aromatic carbocycles. The molecule has 126 valence electrons. The maximum absolute atomic E-state index is 12.2. The summed E-state index contributed by atoms with van der Waals surface area (Å²) < 4.78 is 12.4. The predicted molar refractivity (Wildman–Crippen MR) is 94.4 cm³/mol. The van der Waals surface area contributed by atoms with Crippen molar-refractivity contribution in [1.82, 2.24) is 14.5 Å². The second kappa shape index (κ2) is 6.32. The molecule has 0 saturated heterocycles. The van der Waals surface area contributed by atoms with E-state index in [0.717, 1.165) is 27.7 Å². The van der Waals surface area contributed by atoms with Gasteiger partial charge in [0.05, 0.1) is 18.1 Å². The first-order valence-electron chi connectivity index (χ1n) is 7.95. The molecule has 0 aliphatic rings. The standard InChI is InChI=1S/C19H17N3O3/c1-24-14-6-7-17-13(10-14)8-9-22(17)11-19(23)25-12-18-20-15-4-2-3-5-16(15)21-18/h2-10H,11-12H2,1H3,(H,20,21). The average molecular weight is 335 g/mol. The summed E-state index contributed by atoms with van der Waals surface area (Å²) in [6.45, 7) is 0.274. The lowest BCUT2D eigenvalue weighted by Gasteiger charge is -2.06. The third-order valence-electron chi connectivity index (χ3n) is 4.09. The number of nitrogens with zero attached hydrogens (tertiary/aromatic N) is 2. The molecular formula is C19H17N3O3. The van der Waals surface area contributed by atoms with Gasteiger partial charge in [-0.25, -0.2) is 4.98 Å². The van der Waals surface area contributed by atoms with Gasteiger partial charge in [0.1, 0.15) is 24.7 Å². The molecule has 2 aromatic heterocycles. The zero-order valence-electron chi connectivity index (χ0n) is 13.7. The quantitative estimate of drug-likeness (QED) is 0.568. The Balaban J connectivity index is 1.43. The van der Waals surface area contributed by atoms with Crippen LogP contribution in [0.5, 0.6) is 5.75 Å². The van der Waals surface area contributed by atoms with Crippen molar-refractivity contribution in [3.05, 3.63) is 60.6 Å². The third-order valence-corrected chi connectivity index (χ3v) is 4.09. The van der Waals surface area contributed by atoms with Crippen molar-refractivity contribution in [3.8, 4) is 5.75 Å². The number of hydrogen-bond acceptors (Lipinski definition) is 4. The van der Waals surface area contributed by atoms with Crippen LogP contribution < -0.4 is 4.74 Å². The lowest BCUT2D eigenvalue weighted by molar-refractivity contribution is -0.145. The van der Waals surface area contributed by atoms with Crippen LogP contribution in [-0.4, -0.2) is 27.6 Å². The molecule has 0 saturated carbocycles. The number of methoxy groups -OCH3 is 1. The molecule has 0 unspecified atom stereocenters. The van der Waals surface area contributed by atoms with Crippen LogP contribution in [0.25, 0.3) is 21.9 Å². The fraction of sp³-hybridized carbons (Fsp3) is 0.158. The number of para-hydroxylation sites is 2. The van der Waals surface area contributed by atoms with E-state index in [1.807, 2.05) is 59.3 Å². The summed E-state index contributed by atoms with van der Waals surface area (Å²) in [5.74, 6) is 1.11. The highest BCUT2D eigenvalue weighted by Gasteiger charge is 2.10. The minimum absolute atomic E-state index is 0.126. The molecular weight excluding hydrogens is 318 g/mol. The van der Waals surface area contributed by atoms with E-state index in [9.17, 15) is 4.79 Å². The van der Waals surface area contributed by atoms with Gasteiger partial charge in [-0.3, -0.25) is 4.79 Å². The predicted octanol–water partition coefficient (Wildman–Crippen LogP) is 3.27. The number of benzene rings is 2.